The zero-order valence-corrected chi connectivity index (χ0v) is 11.7. The van der Waals surface area contributed by atoms with E-state index < -0.39 is 0 Å². The highest BCUT2D eigenvalue weighted by Crippen LogP contribution is 2.28. The number of aryl methyl sites for hydroxylation is 1. The normalized spacial score (nSPS) is 17.1. The number of hydrogen-bond donors (Lipinski definition) is 1. The van der Waals surface area contributed by atoms with Gasteiger partial charge in [-0.2, -0.15) is 0 Å². The minimum absolute atomic E-state index is 0. The van der Waals surface area contributed by atoms with Gasteiger partial charge in [0, 0.05) is 5.56 Å². The molecule has 1 unspecified atom stereocenters. The molecule has 2 aromatic rings. The Labute approximate surface area is 119 Å². The Morgan fingerprint density at radius 2 is 1.89 bits per heavy atom. The van der Waals surface area contributed by atoms with Crippen molar-refractivity contribution in [3.63, 3.8) is 0 Å². The lowest BCUT2D eigenvalue weighted by atomic mass is 9.92. The van der Waals surface area contributed by atoms with E-state index in [1.807, 2.05) is 12.1 Å². The summed E-state index contributed by atoms with van der Waals surface area (Å²) in [5.74, 6) is 0.656. The summed E-state index contributed by atoms with van der Waals surface area (Å²) >= 11 is 0. The number of halogens is 1. The van der Waals surface area contributed by atoms with Crippen LogP contribution in [0.2, 0.25) is 0 Å². The van der Waals surface area contributed by atoms with Gasteiger partial charge >= 0.3 is 0 Å². The van der Waals surface area contributed by atoms with Crippen LogP contribution in [0.5, 0.6) is 0 Å². The van der Waals surface area contributed by atoms with Crippen LogP contribution in [0.3, 0.4) is 0 Å². The van der Waals surface area contributed by atoms with Gasteiger partial charge in [0.15, 0.2) is 0 Å². The molecule has 0 radical (unpaired) electrons. The summed E-state index contributed by atoms with van der Waals surface area (Å²) < 4.78 is 0. The number of amidine groups is 1. The minimum atomic E-state index is 0. The van der Waals surface area contributed by atoms with E-state index >= 15 is 0 Å². The Balaban J connectivity index is 0.00000133. The molecule has 1 atom stereocenters. The fourth-order valence-electron chi connectivity index (χ4n) is 2.51. The van der Waals surface area contributed by atoms with Gasteiger partial charge in [0.2, 0.25) is 0 Å². The molecule has 0 saturated heterocycles. The minimum Gasteiger partial charge on any atom is -0.383 e. The smallest absolute Gasteiger partial charge is 0.126 e. The van der Waals surface area contributed by atoms with E-state index in [0.717, 1.165) is 12.0 Å². The summed E-state index contributed by atoms with van der Waals surface area (Å²) in [6.45, 7) is 2.10. The Bertz CT molecular complexity index is 620. The summed E-state index contributed by atoms with van der Waals surface area (Å²) in [4.78, 5) is 4.63. The second kappa shape index (κ2) is 5.45. The first-order chi connectivity index (χ1) is 8.74. The maximum Gasteiger partial charge on any atom is 0.126 e. The number of nitrogens with two attached hydrogens (primary N) is 1. The summed E-state index contributed by atoms with van der Waals surface area (Å²) in [6.07, 6.45) is 0.931. The highest BCUT2D eigenvalue weighted by molar-refractivity contribution is 5.99. The van der Waals surface area contributed by atoms with Crippen molar-refractivity contribution in [3.8, 4) is 0 Å². The number of nitrogens with zero attached hydrogens (tertiary/aromatic N) is 1. The molecule has 1 aliphatic rings. The standard InChI is InChI=1S/C16H16N2.ClH/c1-11-5-4-7-13(9-11)15-10-12-6-2-3-8-14(12)16(17)18-15;/h2-9,15H,10H2,1H3,(H2,17,18);1H. The first kappa shape index (κ1) is 13.6. The molecule has 2 nitrogen and oxygen atoms in total. The third-order valence-corrected chi connectivity index (χ3v) is 3.43. The molecule has 0 saturated carbocycles. The Morgan fingerprint density at radius 3 is 2.68 bits per heavy atom. The molecule has 0 aliphatic carbocycles. The van der Waals surface area contributed by atoms with Gasteiger partial charge in [-0.1, -0.05) is 54.1 Å². The Hall–Kier alpha value is -1.80. The van der Waals surface area contributed by atoms with Crippen LogP contribution in [0.15, 0.2) is 53.5 Å². The van der Waals surface area contributed by atoms with E-state index in [-0.39, 0.29) is 18.4 Å². The van der Waals surface area contributed by atoms with Crippen molar-refractivity contribution in [1.29, 1.82) is 0 Å². The average Bonchev–Trinajstić information content (AvgIpc) is 2.39. The maximum atomic E-state index is 6.06. The predicted molar refractivity (Wildman–Crippen MR) is 82.0 cm³/mol. The van der Waals surface area contributed by atoms with Gasteiger partial charge in [-0.05, 0) is 24.5 Å². The van der Waals surface area contributed by atoms with Crippen LogP contribution >= 0.6 is 12.4 Å². The van der Waals surface area contributed by atoms with Gasteiger partial charge in [0.05, 0.1) is 6.04 Å². The topological polar surface area (TPSA) is 38.4 Å². The van der Waals surface area contributed by atoms with Crippen molar-refractivity contribution < 1.29 is 0 Å². The number of aliphatic imine (C=N–C) groups is 1. The zero-order chi connectivity index (χ0) is 12.5. The third-order valence-electron chi connectivity index (χ3n) is 3.43. The molecule has 0 bridgehead atoms. The lowest BCUT2D eigenvalue weighted by molar-refractivity contribution is 0.709. The van der Waals surface area contributed by atoms with Crippen LogP contribution in [-0.2, 0) is 6.42 Å². The predicted octanol–water partition coefficient (Wildman–Crippen LogP) is 3.42. The van der Waals surface area contributed by atoms with Crippen LogP contribution in [-0.4, -0.2) is 5.84 Å². The van der Waals surface area contributed by atoms with Crippen LogP contribution in [0.25, 0.3) is 0 Å². The van der Waals surface area contributed by atoms with E-state index in [1.54, 1.807) is 0 Å². The summed E-state index contributed by atoms with van der Waals surface area (Å²) in [6, 6.07) is 16.9. The second-order valence-corrected chi connectivity index (χ2v) is 4.81. The highest BCUT2D eigenvalue weighted by atomic mass is 35.5. The molecule has 2 N–H and O–H groups in total. The molecule has 0 amide bonds. The SMILES string of the molecule is Cc1cccc(C2Cc3ccccc3C(N)=N2)c1.Cl. The fraction of sp³-hybridized carbons (Fsp3) is 0.188. The molecule has 98 valence electrons. The van der Waals surface area contributed by atoms with Crippen LogP contribution in [0.1, 0.15) is 28.3 Å². The van der Waals surface area contributed by atoms with E-state index in [0.29, 0.717) is 5.84 Å². The molecule has 3 heteroatoms. The van der Waals surface area contributed by atoms with Gasteiger partial charge < -0.3 is 5.73 Å². The molecule has 0 fully saturated rings. The Kier molecular flexibility index (Phi) is 3.91. The molecule has 3 rings (SSSR count). The van der Waals surface area contributed by atoms with E-state index in [9.17, 15) is 0 Å². The number of hydrogen-bond acceptors (Lipinski definition) is 2. The molecule has 1 heterocycles. The molecule has 0 aromatic heterocycles. The third kappa shape index (κ3) is 2.64. The number of benzene rings is 2. The van der Waals surface area contributed by atoms with E-state index in [2.05, 4.69) is 48.3 Å². The molecule has 19 heavy (non-hydrogen) atoms. The summed E-state index contributed by atoms with van der Waals surface area (Å²) in [7, 11) is 0. The van der Waals surface area contributed by atoms with Gasteiger partial charge in [0.25, 0.3) is 0 Å². The van der Waals surface area contributed by atoms with Crippen LogP contribution < -0.4 is 5.73 Å². The average molecular weight is 273 g/mol. The molecule has 0 spiro atoms. The van der Waals surface area contributed by atoms with Crippen LogP contribution in [0, 0.1) is 6.92 Å². The second-order valence-electron chi connectivity index (χ2n) is 4.81. The van der Waals surface area contributed by atoms with Crippen molar-refractivity contribution in [2.24, 2.45) is 10.7 Å². The molecule has 2 aromatic carbocycles. The lowest BCUT2D eigenvalue weighted by Gasteiger charge is -2.22. The molecular weight excluding hydrogens is 256 g/mol. The van der Waals surface area contributed by atoms with Crippen LogP contribution in [0.4, 0.5) is 0 Å². The summed E-state index contributed by atoms with van der Waals surface area (Å²) in [5.41, 5.74) is 10.9. The maximum absolute atomic E-state index is 6.06. The monoisotopic (exact) mass is 272 g/mol. The first-order valence-corrected chi connectivity index (χ1v) is 6.22. The molecule has 1 aliphatic heterocycles. The zero-order valence-electron chi connectivity index (χ0n) is 10.8. The van der Waals surface area contributed by atoms with E-state index in [1.165, 1.54) is 16.7 Å². The highest BCUT2D eigenvalue weighted by Gasteiger charge is 2.20. The quantitative estimate of drug-likeness (QED) is 0.849. The van der Waals surface area contributed by atoms with Crippen molar-refractivity contribution in [1.82, 2.24) is 0 Å². The Morgan fingerprint density at radius 1 is 1.11 bits per heavy atom. The fourth-order valence-corrected chi connectivity index (χ4v) is 2.51. The van der Waals surface area contributed by atoms with Gasteiger partial charge in [-0.25, -0.2) is 0 Å². The molecular formula is C16H17ClN2. The first-order valence-electron chi connectivity index (χ1n) is 6.22. The van der Waals surface area contributed by atoms with E-state index in [4.69, 9.17) is 5.73 Å². The number of fused-ring (bicyclic) bond motifs is 1. The van der Waals surface area contributed by atoms with Gasteiger partial charge in [-0.3, -0.25) is 4.99 Å². The lowest BCUT2D eigenvalue weighted by Crippen LogP contribution is -2.22. The van der Waals surface area contributed by atoms with Gasteiger partial charge in [-0.15, -0.1) is 12.4 Å². The van der Waals surface area contributed by atoms with Crippen molar-refractivity contribution >= 4 is 18.2 Å². The number of rotatable bonds is 1. The van der Waals surface area contributed by atoms with Crippen molar-refractivity contribution in [3.05, 3.63) is 70.8 Å². The largest absolute Gasteiger partial charge is 0.383 e. The van der Waals surface area contributed by atoms with Crippen molar-refractivity contribution in [2.75, 3.05) is 0 Å². The van der Waals surface area contributed by atoms with Gasteiger partial charge in [0.1, 0.15) is 5.84 Å². The summed E-state index contributed by atoms with van der Waals surface area (Å²) in [5, 5.41) is 0. The van der Waals surface area contributed by atoms with Crippen molar-refractivity contribution in [2.45, 2.75) is 19.4 Å².